The molecule has 0 aliphatic rings. The highest BCUT2D eigenvalue weighted by Gasteiger charge is 2.23. The van der Waals surface area contributed by atoms with Gasteiger partial charge in [0.05, 0.1) is 19.8 Å². The molecule has 17 heavy (non-hydrogen) atoms. The first-order chi connectivity index (χ1) is 7.91. The summed E-state index contributed by atoms with van der Waals surface area (Å²) in [6, 6.07) is 3.67. The predicted octanol–water partition coefficient (Wildman–Crippen LogP) is 1.30. The van der Waals surface area contributed by atoms with Gasteiger partial charge >= 0.3 is 5.97 Å². The molecule has 0 atom stereocenters. The minimum atomic E-state index is -0.565. The molecule has 0 aromatic carbocycles. The zero-order chi connectivity index (χ0) is 13.1. The molecule has 0 saturated heterocycles. The number of hydrogen-bond acceptors (Lipinski definition) is 4. The van der Waals surface area contributed by atoms with Crippen LogP contribution in [-0.2, 0) is 19.8 Å². The Balaban J connectivity index is 3.26. The average Bonchev–Trinajstić information content (AvgIpc) is 2.73. The smallest absolute Gasteiger partial charge is 0.358 e. The lowest BCUT2D eigenvalue weighted by Crippen LogP contribution is -2.32. The summed E-state index contributed by atoms with van der Waals surface area (Å²) in [5.74, 6) is -0.478. The van der Waals surface area contributed by atoms with Gasteiger partial charge < -0.3 is 19.8 Å². The van der Waals surface area contributed by atoms with Crippen LogP contribution in [0, 0.1) is 0 Å². The van der Waals surface area contributed by atoms with Crippen LogP contribution in [0.1, 0.15) is 19.5 Å². The summed E-state index contributed by atoms with van der Waals surface area (Å²) in [4.78, 5) is 11.6. The van der Waals surface area contributed by atoms with Crippen LogP contribution >= 0.6 is 0 Å². The van der Waals surface area contributed by atoms with Crippen LogP contribution in [0.4, 0.5) is 0 Å². The van der Waals surface area contributed by atoms with Crippen molar-refractivity contribution >= 4 is 11.7 Å². The Morgan fingerprint density at radius 3 is 2.59 bits per heavy atom. The molecule has 2 N–H and O–H groups in total. The van der Waals surface area contributed by atoms with Crippen LogP contribution in [0.2, 0.25) is 0 Å². The van der Waals surface area contributed by atoms with Crippen LogP contribution in [0.5, 0.6) is 0 Å². The van der Waals surface area contributed by atoms with Crippen LogP contribution in [0.3, 0.4) is 0 Å². The molecule has 0 radical (unpaired) electrons. The normalized spacial score (nSPS) is 12.4. The molecule has 1 heterocycles. The topological polar surface area (TPSA) is 66.5 Å². The van der Waals surface area contributed by atoms with E-state index in [0.29, 0.717) is 0 Å². The van der Waals surface area contributed by atoms with Gasteiger partial charge in [0.25, 0.3) is 0 Å². The molecule has 0 aliphatic heterocycles. The minimum absolute atomic E-state index is 0.286. The first-order valence-corrected chi connectivity index (χ1v) is 5.20. The van der Waals surface area contributed by atoms with E-state index in [0.717, 1.165) is 5.69 Å². The average molecular weight is 238 g/mol. The summed E-state index contributed by atoms with van der Waals surface area (Å²) in [5, 5.41) is 0. The molecule has 1 rings (SSSR count). The lowest BCUT2D eigenvalue weighted by atomic mass is 10.0. The zero-order valence-corrected chi connectivity index (χ0v) is 10.6. The van der Waals surface area contributed by atoms with Gasteiger partial charge in [0.1, 0.15) is 6.26 Å². The van der Waals surface area contributed by atoms with Crippen molar-refractivity contribution in [2.45, 2.75) is 19.4 Å². The summed E-state index contributed by atoms with van der Waals surface area (Å²) in [5.41, 5.74) is 6.55. The van der Waals surface area contributed by atoms with E-state index in [-0.39, 0.29) is 5.70 Å². The van der Waals surface area contributed by atoms with Crippen LogP contribution in [-0.4, -0.2) is 24.8 Å². The van der Waals surface area contributed by atoms with Gasteiger partial charge in [0.15, 0.2) is 5.70 Å². The highest BCUT2D eigenvalue weighted by molar-refractivity contribution is 6.09. The second-order valence-electron chi connectivity index (χ2n) is 4.22. The van der Waals surface area contributed by atoms with Crippen molar-refractivity contribution in [3.8, 4) is 0 Å². The molecule has 5 heteroatoms. The number of aromatic nitrogens is 1. The van der Waals surface area contributed by atoms with E-state index < -0.39 is 11.5 Å². The molecular formula is C12H18N2O3. The van der Waals surface area contributed by atoms with Crippen molar-refractivity contribution in [2.24, 2.45) is 5.73 Å². The first-order valence-electron chi connectivity index (χ1n) is 5.20. The molecule has 0 fully saturated rings. The number of carbonyl (C=O) groups is 1. The highest BCUT2D eigenvalue weighted by atomic mass is 16.5. The van der Waals surface area contributed by atoms with Crippen molar-refractivity contribution in [2.75, 3.05) is 14.2 Å². The van der Waals surface area contributed by atoms with E-state index >= 15 is 0 Å². The third kappa shape index (κ3) is 2.88. The fourth-order valence-corrected chi connectivity index (χ4v) is 1.54. The Morgan fingerprint density at radius 2 is 2.12 bits per heavy atom. The summed E-state index contributed by atoms with van der Waals surface area (Å²) in [6.45, 7) is 3.72. The van der Waals surface area contributed by atoms with E-state index in [2.05, 4.69) is 0 Å². The number of methoxy groups -OCH3 is 2. The fraction of sp³-hybridized carbons (Fsp3) is 0.417. The number of carbonyl (C=O) groups excluding carboxylic acids is 1. The van der Waals surface area contributed by atoms with Gasteiger partial charge in [0, 0.05) is 11.9 Å². The Hall–Kier alpha value is -1.75. The van der Waals surface area contributed by atoms with E-state index in [4.69, 9.17) is 15.2 Å². The van der Waals surface area contributed by atoms with Crippen LogP contribution in [0.15, 0.2) is 24.6 Å². The molecule has 1 aromatic rings. The predicted molar refractivity (Wildman–Crippen MR) is 64.9 cm³/mol. The Kier molecular flexibility index (Phi) is 3.96. The second kappa shape index (κ2) is 5.05. The number of ether oxygens (including phenoxy) is 2. The Labute approximate surface area is 101 Å². The van der Waals surface area contributed by atoms with Crippen molar-refractivity contribution in [1.29, 1.82) is 0 Å². The second-order valence-corrected chi connectivity index (χ2v) is 4.22. The molecule has 0 aliphatic carbocycles. The van der Waals surface area contributed by atoms with Gasteiger partial charge in [-0.3, -0.25) is 0 Å². The van der Waals surface area contributed by atoms with Gasteiger partial charge in [-0.05, 0) is 26.0 Å². The van der Waals surface area contributed by atoms with E-state index in [1.807, 2.05) is 26.0 Å². The number of nitrogens with zero attached hydrogens (tertiary/aromatic N) is 1. The summed E-state index contributed by atoms with van der Waals surface area (Å²) in [7, 11) is 2.79. The number of rotatable bonds is 4. The lowest BCUT2D eigenvalue weighted by Gasteiger charge is -2.22. The zero-order valence-electron chi connectivity index (χ0n) is 10.6. The molecule has 0 bridgehead atoms. The van der Waals surface area contributed by atoms with Crippen LogP contribution in [0.25, 0.3) is 5.70 Å². The maximum Gasteiger partial charge on any atom is 0.358 e. The lowest BCUT2D eigenvalue weighted by molar-refractivity contribution is -0.134. The third-order valence-electron chi connectivity index (χ3n) is 2.29. The van der Waals surface area contributed by atoms with E-state index in [9.17, 15) is 4.79 Å². The molecule has 0 spiro atoms. The first kappa shape index (κ1) is 13.3. The maximum atomic E-state index is 11.6. The van der Waals surface area contributed by atoms with Crippen LogP contribution < -0.4 is 5.73 Å². The minimum Gasteiger partial charge on any atom is -0.502 e. The van der Waals surface area contributed by atoms with E-state index in [1.165, 1.54) is 20.5 Å². The number of hydrogen-bond donors (Lipinski definition) is 1. The molecule has 5 nitrogen and oxygen atoms in total. The highest BCUT2D eigenvalue weighted by Crippen LogP contribution is 2.21. The van der Waals surface area contributed by atoms with Gasteiger partial charge in [-0.1, -0.05) is 0 Å². The van der Waals surface area contributed by atoms with Gasteiger partial charge in [-0.25, -0.2) is 4.79 Å². The monoisotopic (exact) mass is 238 g/mol. The summed E-state index contributed by atoms with van der Waals surface area (Å²) >= 11 is 0. The summed E-state index contributed by atoms with van der Waals surface area (Å²) in [6.07, 6.45) is 3.08. The third-order valence-corrected chi connectivity index (χ3v) is 2.29. The Bertz CT molecular complexity index is 427. The molecule has 0 unspecified atom stereocenters. The van der Waals surface area contributed by atoms with Gasteiger partial charge in [-0.2, -0.15) is 0 Å². The quantitative estimate of drug-likeness (QED) is 0.488. The molecule has 0 amide bonds. The van der Waals surface area contributed by atoms with Crippen molar-refractivity contribution < 1.29 is 14.3 Å². The van der Waals surface area contributed by atoms with Crippen molar-refractivity contribution in [3.63, 3.8) is 0 Å². The van der Waals surface area contributed by atoms with Crippen molar-refractivity contribution in [1.82, 2.24) is 4.57 Å². The largest absolute Gasteiger partial charge is 0.502 e. The van der Waals surface area contributed by atoms with Gasteiger partial charge in [0.2, 0.25) is 0 Å². The van der Waals surface area contributed by atoms with E-state index in [1.54, 1.807) is 10.8 Å². The maximum absolute atomic E-state index is 11.6. The Morgan fingerprint density at radius 1 is 1.47 bits per heavy atom. The molecule has 94 valence electrons. The SMILES string of the molecule is CO/C=C(/C(=O)OC)n1cccc1C(C)(C)N. The molecular weight excluding hydrogens is 220 g/mol. The van der Waals surface area contributed by atoms with Crippen molar-refractivity contribution in [3.05, 3.63) is 30.3 Å². The molecule has 1 aromatic heterocycles. The number of nitrogens with two attached hydrogens (primary N) is 1. The molecule has 0 saturated carbocycles. The van der Waals surface area contributed by atoms with Gasteiger partial charge in [-0.15, -0.1) is 0 Å². The summed E-state index contributed by atoms with van der Waals surface area (Å²) < 4.78 is 11.3. The number of esters is 1. The fourth-order valence-electron chi connectivity index (χ4n) is 1.54. The standard InChI is InChI=1S/C12H18N2O3/c1-12(2,13)10-6-5-7-14(10)9(8-16-3)11(15)17-4/h5-8H,13H2,1-4H3/b9-8-.